The number of carbonyl (C=O) groups is 1. The van der Waals surface area contributed by atoms with Gasteiger partial charge in [0.2, 0.25) is 5.91 Å². The molecule has 1 N–H and O–H groups in total. The van der Waals surface area contributed by atoms with E-state index in [1.165, 1.54) is 4.31 Å². The molecule has 0 heterocycles. The number of sulfonamides is 1. The molecule has 30 heavy (non-hydrogen) atoms. The van der Waals surface area contributed by atoms with Crippen molar-refractivity contribution in [2.45, 2.75) is 32.6 Å². The summed E-state index contributed by atoms with van der Waals surface area (Å²) in [6, 6.07) is 19.5. The standard InChI is InChI=1S/C24H26N2O3S/c1-17-10-13-21(14-11-17)30(28,29)26(23-8-6-5-7-20(23)4)16-24(27)25-22-15-18(2)9-12-19(22)3/h5-15H,16H2,1-4H3,(H,25,27). The van der Waals surface area contributed by atoms with Crippen LogP contribution in [-0.2, 0) is 14.8 Å². The number of amides is 1. The zero-order valence-electron chi connectivity index (χ0n) is 17.6. The Morgan fingerprint density at radius 3 is 2.13 bits per heavy atom. The Kier molecular flexibility index (Phi) is 6.27. The van der Waals surface area contributed by atoms with Crippen LogP contribution in [0.2, 0.25) is 0 Å². The molecule has 0 aliphatic carbocycles. The van der Waals surface area contributed by atoms with Crippen LogP contribution in [-0.4, -0.2) is 20.9 Å². The third-order valence-corrected chi connectivity index (χ3v) is 6.72. The SMILES string of the molecule is Cc1ccc(S(=O)(=O)N(CC(=O)Nc2cc(C)ccc2C)c2ccccc2C)cc1. The monoisotopic (exact) mass is 422 g/mol. The van der Waals surface area contributed by atoms with Crippen molar-refractivity contribution in [1.29, 1.82) is 0 Å². The van der Waals surface area contributed by atoms with Gasteiger partial charge in [0, 0.05) is 5.69 Å². The summed E-state index contributed by atoms with van der Waals surface area (Å²) in [7, 11) is -3.93. The van der Waals surface area contributed by atoms with Crippen LogP contribution in [0.1, 0.15) is 22.3 Å². The summed E-state index contributed by atoms with van der Waals surface area (Å²) in [6.45, 7) is 7.24. The number of benzene rings is 3. The second-order valence-electron chi connectivity index (χ2n) is 7.48. The highest BCUT2D eigenvalue weighted by Crippen LogP contribution is 2.27. The molecule has 1 amide bonds. The molecule has 5 nitrogen and oxygen atoms in total. The van der Waals surface area contributed by atoms with Crippen molar-refractivity contribution < 1.29 is 13.2 Å². The molecule has 0 aliphatic rings. The van der Waals surface area contributed by atoms with Gasteiger partial charge >= 0.3 is 0 Å². The molecule has 0 unspecified atom stereocenters. The summed E-state index contributed by atoms with van der Waals surface area (Å²) in [4.78, 5) is 13.0. The van der Waals surface area contributed by atoms with Crippen LogP contribution < -0.4 is 9.62 Å². The molecule has 6 heteroatoms. The van der Waals surface area contributed by atoms with Gasteiger partial charge in [-0.15, -0.1) is 0 Å². The van der Waals surface area contributed by atoms with Crippen LogP contribution in [0.25, 0.3) is 0 Å². The van der Waals surface area contributed by atoms with E-state index in [1.807, 2.05) is 58.0 Å². The van der Waals surface area contributed by atoms with Gasteiger partial charge in [-0.3, -0.25) is 9.10 Å². The normalized spacial score (nSPS) is 11.2. The Morgan fingerprint density at radius 2 is 1.47 bits per heavy atom. The summed E-state index contributed by atoms with van der Waals surface area (Å²) in [5, 5.41) is 2.86. The second kappa shape index (κ2) is 8.71. The van der Waals surface area contributed by atoms with Crippen molar-refractivity contribution in [1.82, 2.24) is 0 Å². The predicted molar refractivity (Wildman–Crippen MR) is 121 cm³/mol. The molecular weight excluding hydrogens is 396 g/mol. The highest BCUT2D eigenvalue weighted by atomic mass is 32.2. The average molecular weight is 423 g/mol. The molecule has 0 radical (unpaired) electrons. The zero-order chi connectivity index (χ0) is 21.9. The fourth-order valence-corrected chi connectivity index (χ4v) is 4.66. The minimum Gasteiger partial charge on any atom is -0.324 e. The number of aryl methyl sites for hydroxylation is 4. The highest BCUT2D eigenvalue weighted by Gasteiger charge is 2.28. The second-order valence-corrected chi connectivity index (χ2v) is 9.34. The predicted octanol–water partition coefficient (Wildman–Crippen LogP) is 4.75. The Balaban J connectivity index is 1.98. The number of para-hydroxylation sites is 1. The summed E-state index contributed by atoms with van der Waals surface area (Å²) in [6.07, 6.45) is 0. The molecule has 156 valence electrons. The van der Waals surface area contributed by atoms with Crippen LogP contribution in [0.15, 0.2) is 71.6 Å². The van der Waals surface area contributed by atoms with E-state index in [0.717, 1.165) is 22.3 Å². The Morgan fingerprint density at radius 1 is 0.833 bits per heavy atom. The summed E-state index contributed by atoms with van der Waals surface area (Å²) in [5.74, 6) is -0.400. The molecule has 0 spiro atoms. The average Bonchev–Trinajstić information content (AvgIpc) is 2.70. The molecule has 0 fully saturated rings. The third-order valence-electron chi connectivity index (χ3n) is 4.95. The maximum atomic E-state index is 13.5. The quantitative estimate of drug-likeness (QED) is 0.623. The smallest absolute Gasteiger partial charge is 0.264 e. The maximum absolute atomic E-state index is 13.5. The zero-order valence-corrected chi connectivity index (χ0v) is 18.5. The van der Waals surface area contributed by atoms with E-state index in [2.05, 4.69) is 5.32 Å². The molecule has 0 saturated heterocycles. The largest absolute Gasteiger partial charge is 0.324 e. The summed E-state index contributed by atoms with van der Waals surface area (Å²) in [5.41, 5.74) is 4.82. The van der Waals surface area contributed by atoms with Crippen LogP contribution in [0.5, 0.6) is 0 Å². The van der Waals surface area contributed by atoms with E-state index in [9.17, 15) is 13.2 Å². The van der Waals surface area contributed by atoms with Crippen LogP contribution in [0.3, 0.4) is 0 Å². The topological polar surface area (TPSA) is 66.5 Å². The van der Waals surface area contributed by atoms with Gasteiger partial charge in [-0.1, -0.05) is 48.0 Å². The lowest BCUT2D eigenvalue weighted by Gasteiger charge is -2.26. The van der Waals surface area contributed by atoms with E-state index in [4.69, 9.17) is 0 Å². The van der Waals surface area contributed by atoms with Crippen LogP contribution in [0, 0.1) is 27.7 Å². The molecule has 3 rings (SSSR count). The van der Waals surface area contributed by atoms with Crippen molar-refractivity contribution in [2.24, 2.45) is 0 Å². The third kappa shape index (κ3) is 4.71. The van der Waals surface area contributed by atoms with Gasteiger partial charge in [-0.05, 0) is 68.7 Å². The van der Waals surface area contributed by atoms with Crippen LogP contribution >= 0.6 is 0 Å². The van der Waals surface area contributed by atoms with Crippen molar-refractivity contribution >= 4 is 27.3 Å². The molecule has 3 aromatic rings. The minimum atomic E-state index is -3.93. The van der Waals surface area contributed by atoms with Crippen LogP contribution in [0.4, 0.5) is 11.4 Å². The summed E-state index contributed by atoms with van der Waals surface area (Å²) < 4.78 is 28.1. The molecule has 0 bridgehead atoms. The molecule has 3 aromatic carbocycles. The first-order valence-corrected chi connectivity index (χ1v) is 11.1. The fraction of sp³-hybridized carbons (Fsp3) is 0.208. The Hall–Kier alpha value is -3.12. The number of nitrogens with zero attached hydrogens (tertiary/aromatic N) is 1. The van der Waals surface area contributed by atoms with Crippen molar-refractivity contribution in [3.05, 3.63) is 89.0 Å². The summed E-state index contributed by atoms with van der Waals surface area (Å²) >= 11 is 0. The number of rotatable bonds is 6. The lowest BCUT2D eigenvalue weighted by atomic mass is 10.1. The van der Waals surface area contributed by atoms with E-state index < -0.39 is 15.9 Å². The van der Waals surface area contributed by atoms with Gasteiger partial charge in [-0.25, -0.2) is 8.42 Å². The first-order chi connectivity index (χ1) is 14.2. The van der Waals surface area contributed by atoms with Gasteiger partial charge in [0.05, 0.1) is 10.6 Å². The van der Waals surface area contributed by atoms with Gasteiger partial charge < -0.3 is 5.32 Å². The van der Waals surface area contributed by atoms with Gasteiger partial charge in [0.1, 0.15) is 6.54 Å². The van der Waals surface area contributed by atoms with Gasteiger partial charge in [-0.2, -0.15) is 0 Å². The Labute approximate surface area is 178 Å². The van der Waals surface area contributed by atoms with Crippen molar-refractivity contribution in [3.63, 3.8) is 0 Å². The van der Waals surface area contributed by atoms with E-state index in [0.29, 0.717) is 11.4 Å². The molecule has 0 aliphatic heterocycles. The van der Waals surface area contributed by atoms with E-state index >= 15 is 0 Å². The fourth-order valence-electron chi connectivity index (χ4n) is 3.17. The lowest BCUT2D eigenvalue weighted by molar-refractivity contribution is -0.114. The maximum Gasteiger partial charge on any atom is 0.264 e. The highest BCUT2D eigenvalue weighted by molar-refractivity contribution is 7.92. The lowest BCUT2D eigenvalue weighted by Crippen LogP contribution is -2.38. The molecule has 0 saturated carbocycles. The van der Waals surface area contributed by atoms with Gasteiger partial charge in [0.15, 0.2) is 0 Å². The number of anilines is 2. The van der Waals surface area contributed by atoms with Crippen molar-refractivity contribution in [2.75, 3.05) is 16.2 Å². The minimum absolute atomic E-state index is 0.149. The first kappa shape index (κ1) is 21.6. The van der Waals surface area contributed by atoms with E-state index in [1.54, 1.807) is 36.4 Å². The number of nitrogens with one attached hydrogen (secondary N) is 1. The van der Waals surface area contributed by atoms with Gasteiger partial charge in [0.25, 0.3) is 10.0 Å². The molecular formula is C24H26N2O3S. The van der Waals surface area contributed by atoms with E-state index in [-0.39, 0.29) is 11.4 Å². The molecule has 0 atom stereocenters. The number of carbonyl (C=O) groups excluding carboxylic acids is 1. The number of hydrogen-bond acceptors (Lipinski definition) is 3. The number of hydrogen-bond donors (Lipinski definition) is 1. The Bertz CT molecular complexity index is 1170. The molecule has 0 aromatic heterocycles. The van der Waals surface area contributed by atoms with Crippen molar-refractivity contribution in [3.8, 4) is 0 Å². The first-order valence-electron chi connectivity index (χ1n) is 9.70.